The molecule has 1 unspecified atom stereocenters. The van der Waals surface area contributed by atoms with Crippen LogP contribution in [-0.4, -0.2) is 58.6 Å². The van der Waals surface area contributed by atoms with Crippen LogP contribution >= 0.6 is 0 Å². The molecule has 2 heterocycles. The van der Waals surface area contributed by atoms with Crippen molar-refractivity contribution >= 4 is 5.91 Å². The Morgan fingerprint density at radius 3 is 2.17 bits per heavy atom. The number of benzene rings is 1. The van der Waals surface area contributed by atoms with Gasteiger partial charge in [-0.2, -0.15) is 4.98 Å². The minimum atomic E-state index is 0.0285. The van der Waals surface area contributed by atoms with Crippen molar-refractivity contribution < 1.29 is 9.32 Å². The topological polar surface area (TPSA) is 74.5 Å². The predicted molar refractivity (Wildman–Crippen MR) is 117 cm³/mol. The summed E-state index contributed by atoms with van der Waals surface area (Å²) in [6.07, 6.45) is 0. The summed E-state index contributed by atoms with van der Waals surface area (Å²) in [5.74, 6) is 2.24. The van der Waals surface area contributed by atoms with Crippen molar-refractivity contribution in [3.05, 3.63) is 47.1 Å². The molecule has 1 aliphatic rings. The van der Waals surface area contributed by atoms with Crippen LogP contribution in [0.5, 0.6) is 0 Å². The molecule has 0 bridgehead atoms. The summed E-state index contributed by atoms with van der Waals surface area (Å²) in [5.41, 5.74) is 2.49. The SMILES string of the molecule is Cc1noc(CN2CCN(CC(=O)NC(c3ccc(C(C)C)cc3)C(C)C)CC2)n1. The zero-order chi connectivity index (χ0) is 21.7. The smallest absolute Gasteiger partial charge is 0.240 e. The number of amides is 1. The first kappa shape index (κ1) is 22.4. The molecule has 164 valence electrons. The molecule has 1 aromatic heterocycles. The highest BCUT2D eigenvalue weighted by Crippen LogP contribution is 2.24. The Bertz CT molecular complexity index is 807. The molecule has 30 heavy (non-hydrogen) atoms. The van der Waals surface area contributed by atoms with Gasteiger partial charge in [0, 0.05) is 26.2 Å². The van der Waals surface area contributed by atoms with Gasteiger partial charge in [-0.3, -0.25) is 14.6 Å². The number of piperazine rings is 1. The van der Waals surface area contributed by atoms with Gasteiger partial charge in [0.05, 0.1) is 19.1 Å². The Morgan fingerprint density at radius 1 is 1.03 bits per heavy atom. The third-order valence-corrected chi connectivity index (χ3v) is 5.71. The average Bonchev–Trinajstić information content (AvgIpc) is 3.12. The minimum absolute atomic E-state index is 0.0285. The number of carbonyl (C=O) groups excluding carboxylic acids is 1. The number of carbonyl (C=O) groups is 1. The number of hydrogen-bond acceptors (Lipinski definition) is 6. The normalized spacial score (nSPS) is 16.9. The molecular weight excluding hydrogens is 378 g/mol. The van der Waals surface area contributed by atoms with Crippen molar-refractivity contribution in [2.24, 2.45) is 5.92 Å². The van der Waals surface area contributed by atoms with Crippen molar-refractivity contribution in [2.75, 3.05) is 32.7 Å². The third kappa shape index (κ3) is 6.12. The van der Waals surface area contributed by atoms with Crippen LogP contribution in [0.2, 0.25) is 0 Å². The molecule has 0 radical (unpaired) electrons. The van der Waals surface area contributed by atoms with Gasteiger partial charge in [-0.1, -0.05) is 57.1 Å². The average molecular weight is 414 g/mol. The largest absolute Gasteiger partial charge is 0.348 e. The fourth-order valence-corrected chi connectivity index (χ4v) is 3.85. The highest BCUT2D eigenvalue weighted by atomic mass is 16.5. The first-order valence-electron chi connectivity index (χ1n) is 10.9. The fraction of sp³-hybridized carbons (Fsp3) is 0.609. The summed E-state index contributed by atoms with van der Waals surface area (Å²) in [4.78, 5) is 21.5. The summed E-state index contributed by atoms with van der Waals surface area (Å²) < 4.78 is 5.21. The Hall–Kier alpha value is -2.25. The van der Waals surface area contributed by atoms with Crippen molar-refractivity contribution in [3.63, 3.8) is 0 Å². The lowest BCUT2D eigenvalue weighted by atomic mass is 9.93. The van der Waals surface area contributed by atoms with E-state index in [9.17, 15) is 4.79 Å². The number of nitrogens with one attached hydrogen (secondary N) is 1. The van der Waals surface area contributed by atoms with E-state index in [4.69, 9.17) is 4.52 Å². The lowest BCUT2D eigenvalue weighted by Crippen LogP contribution is -2.49. The Kier molecular flexibility index (Phi) is 7.61. The second-order valence-electron chi connectivity index (χ2n) is 8.90. The number of rotatable bonds is 8. The number of nitrogens with zero attached hydrogens (tertiary/aromatic N) is 4. The van der Waals surface area contributed by atoms with Crippen LogP contribution in [-0.2, 0) is 11.3 Å². The monoisotopic (exact) mass is 413 g/mol. The maximum atomic E-state index is 12.8. The second kappa shape index (κ2) is 10.2. The van der Waals surface area contributed by atoms with E-state index in [2.05, 4.69) is 77.2 Å². The van der Waals surface area contributed by atoms with Crippen molar-refractivity contribution in [1.82, 2.24) is 25.3 Å². The molecule has 3 rings (SSSR count). The molecule has 1 saturated heterocycles. The Morgan fingerprint density at radius 2 is 1.63 bits per heavy atom. The minimum Gasteiger partial charge on any atom is -0.348 e. The van der Waals surface area contributed by atoms with Gasteiger partial charge in [-0.15, -0.1) is 0 Å². The van der Waals surface area contributed by atoms with Gasteiger partial charge in [0.25, 0.3) is 0 Å². The van der Waals surface area contributed by atoms with Gasteiger partial charge < -0.3 is 9.84 Å². The van der Waals surface area contributed by atoms with Gasteiger partial charge in [0.15, 0.2) is 5.82 Å². The third-order valence-electron chi connectivity index (χ3n) is 5.71. The van der Waals surface area contributed by atoms with E-state index < -0.39 is 0 Å². The number of aromatic nitrogens is 2. The first-order chi connectivity index (χ1) is 14.3. The highest BCUT2D eigenvalue weighted by Gasteiger charge is 2.23. The van der Waals surface area contributed by atoms with Crippen LogP contribution in [0.25, 0.3) is 0 Å². The summed E-state index contributed by atoms with van der Waals surface area (Å²) >= 11 is 0. The Balaban J connectivity index is 1.49. The van der Waals surface area contributed by atoms with Crippen molar-refractivity contribution in [2.45, 2.75) is 53.1 Å². The van der Waals surface area contributed by atoms with E-state index in [0.29, 0.717) is 36.6 Å². The van der Waals surface area contributed by atoms with Crippen LogP contribution in [0.4, 0.5) is 0 Å². The van der Waals surface area contributed by atoms with Crippen molar-refractivity contribution in [1.29, 1.82) is 0 Å². The molecule has 7 nitrogen and oxygen atoms in total. The standard InChI is InChI=1S/C23H35N5O2/c1-16(2)19-6-8-20(9-7-19)23(17(3)4)25-21(29)14-27-10-12-28(13-11-27)15-22-24-18(5)26-30-22/h6-9,16-17,23H,10-15H2,1-5H3,(H,25,29). The highest BCUT2D eigenvalue weighted by molar-refractivity contribution is 5.78. The summed E-state index contributed by atoms with van der Waals surface area (Å²) in [7, 11) is 0. The molecular formula is C23H35N5O2. The van der Waals surface area contributed by atoms with E-state index in [1.807, 2.05) is 6.92 Å². The van der Waals surface area contributed by atoms with Crippen LogP contribution in [0.3, 0.4) is 0 Å². The van der Waals surface area contributed by atoms with Crippen LogP contribution in [0.1, 0.15) is 62.5 Å². The number of aryl methyl sites for hydroxylation is 1. The number of hydrogen-bond donors (Lipinski definition) is 1. The molecule has 1 fully saturated rings. The summed E-state index contributed by atoms with van der Waals surface area (Å²) in [5, 5.41) is 7.10. The molecule has 1 aromatic carbocycles. The molecule has 2 aromatic rings. The molecule has 0 spiro atoms. The van der Waals surface area contributed by atoms with E-state index in [-0.39, 0.29) is 11.9 Å². The molecule has 1 amide bonds. The zero-order valence-electron chi connectivity index (χ0n) is 18.9. The quantitative estimate of drug-likeness (QED) is 0.717. The molecule has 7 heteroatoms. The van der Waals surface area contributed by atoms with Gasteiger partial charge >= 0.3 is 0 Å². The van der Waals surface area contributed by atoms with Crippen molar-refractivity contribution in [3.8, 4) is 0 Å². The molecule has 0 saturated carbocycles. The van der Waals surface area contributed by atoms with Gasteiger partial charge in [-0.25, -0.2) is 0 Å². The maximum Gasteiger partial charge on any atom is 0.240 e. The zero-order valence-corrected chi connectivity index (χ0v) is 18.9. The molecule has 1 atom stereocenters. The summed E-state index contributed by atoms with van der Waals surface area (Å²) in [6.45, 7) is 15.1. The molecule has 0 aliphatic carbocycles. The van der Waals surface area contributed by atoms with Gasteiger partial charge in [-0.05, 0) is 29.9 Å². The maximum absolute atomic E-state index is 12.8. The van der Waals surface area contributed by atoms with E-state index in [1.54, 1.807) is 0 Å². The first-order valence-corrected chi connectivity index (χ1v) is 10.9. The van der Waals surface area contributed by atoms with Gasteiger partial charge in [0.2, 0.25) is 11.8 Å². The lowest BCUT2D eigenvalue weighted by Gasteiger charge is -2.34. The summed E-state index contributed by atoms with van der Waals surface area (Å²) in [6, 6.07) is 8.68. The lowest BCUT2D eigenvalue weighted by molar-refractivity contribution is -0.123. The van der Waals surface area contributed by atoms with Crippen LogP contribution in [0.15, 0.2) is 28.8 Å². The fourth-order valence-electron chi connectivity index (χ4n) is 3.85. The van der Waals surface area contributed by atoms with Crippen LogP contribution < -0.4 is 5.32 Å². The van der Waals surface area contributed by atoms with Crippen LogP contribution in [0, 0.1) is 12.8 Å². The van der Waals surface area contributed by atoms with Gasteiger partial charge in [0.1, 0.15) is 0 Å². The Labute approximate surface area is 179 Å². The predicted octanol–water partition coefficient (Wildman–Crippen LogP) is 3.13. The van der Waals surface area contributed by atoms with E-state index in [0.717, 1.165) is 26.2 Å². The van der Waals surface area contributed by atoms with E-state index in [1.165, 1.54) is 11.1 Å². The molecule has 1 N–H and O–H groups in total. The second-order valence-corrected chi connectivity index (χ2v) is 8.90. The van der Waals surface area contributed by atoms with E-state index >= 15 is 0 Å². The molecule has 1 aliphatic heterocycles.